The van der Waals surface area contributed by atoms with Gasteiger partial charge in [-0.05, 0) is 23.1 Å². The molecule has 0 aliphatic carbocycles. The van der Waals surface area contributed by atoms with Gasteiger partial charge in [-0.3, -0.25) is 4.55 Å². The van der Waals surface area contributed by atoms with E-state index in [-0.39, 0.29) is 5.75 Å². The summed E-state index contributed by atoms with van der Waals surface area (Å²) >= 11 is 0. The highest BCUT2D eigenvalue weighted by molar-refractivity contribution is 7.85. The van der Waals surface area contributed by atoms with Crippen molar-refractivity contribution in [3.05, 3.63) is 60.2 Å². The van der Waals surface area contributed by atoms with Gasteiger partial charge in [0.2, 0.25) is 0 Å². The first kappa shape index (κ1) is 12.8. The topological polar surface area (TPSA) is 54.4 Å². The summed E-state index contributed by atoms with van der Waals surface area (Å²) in [6, 6.07) is 17.5. The van der Waals surface area contributed by atoms with Crippen LogP contribution in [0, 0.1) is 0 Å². The van der Waals surface area contributed by atoms with Crippen LogP contribution in [-0.4, -0.2) is 18.7 Å². The van der Waals surface area contributed by atoms with Crippen LogP contribution in [0.15, 0.2) is 54.6 Å². The van der Waals surface area contributed by atoms with E-state index in [4.69, 9.17) is 4.55 Å². The molecule has 0 fully saturated rings. The van der Waals surface area contributed by atoms with Gasteiger partial charge in [0, 0.05) is 0 Å². The van der Waals surface area contributed by atoms with Crippen molar-refractivity contribution in [2.75, 3.05) is 5.75 Å². The first-order valence-corrected chi connectivity index (χ1v) is 7.25. The maximum atomic E-state index is 10.7. The highest BCUT2D eigenvalue weighted by Gasteiger charge is 2.05. The van der Waals surface area contributed by atoms with Crippen LogP contribution in [0.5, 0.6) is 0 Å². The molecule has 0 saturated heterocycles. The molecule has 0 aliphatic heterocycles. The standard InChI is InChI=1S/C14H14O3S/c15-18(16,17)10-9-12-5-4-8-14(11-12)13-6-2-1-3-7-13/h1-8,11H,9-10H2,(H,15,16,17). The van der Waals surface area contributed by atoms with Crippen molar-refractivity contribution in [1.29, 1.82) is 0 Å². The molecule has 2 aromatic carbocycles. The molecule has 0 saturated carbocycles. The Morgan fingerprint density at radius 2 is 1.56 bits per heavy atom. The Morgan fingerprint density at radius 1 is 0.889 bits per heavy atom. The van der Waals surface area contributed by atoms with Crippen LogP contribution in [0.1, 0.15) is 5.56 Å². The zero-order chi connectivity index (χ0) is 13.0. The fraction of sp³-hybridized carbons (Fsp3) is 0.143. The van der Waals surface area contributed by atoms with Gasteiger partial charge in [0.15, 0.2) is 0 Å². The summed E-state index contributed by atoms with van der Waals surface area (Å²) in [5.41, 5.74) is 3.03. The van der Waals surface area contributed by atoms with Gasteiger partial charge in [-0.15, -0.1) is 0 Å². The Hall–Kier alpha value is -1.65. The largest absolute Gasteiger partial charge is 0.286 e. The highest BCUT2D eigenvalue weighted by Crippen LogP contribution is 2.20. The summed E-state index contributed by atoms with van der Waals surface area (Å²) in [6.45, 7) is 0. The third kappa shape index (κ3) is 3.68. The molecule has 0 heterocycles. The molecule has 0 unspecified atom stereocenters. The molecule has 94 valence electrons. The van der Waals surface area contributed by atoms with Gasteiger partial charge in [0.1, 0.15) is 0 Å². The van der Waals surface area contributed by atoms with E-state index in [1.807, 2.05) is 54.6 Å². The lowest BCUT2D eigenvalue weighted by Crippen LogP contribution is -2.06. The van der Waals surface area contributed by atoms with E-state index in [2.05, 4.69) is 0 Å². The zero-order valence-corrected chi connectivity index (χ0v) is 10.6. The zero-order valence-electron chi connectivity index (χ0n) is 9.78. The van der Waals surface area contributed by atoms with Gasteiger partial charge in [-0.2, -0.15) is 8.42 Å². The minimum Gasteiger partial charge on any atom is -0.286 e. The normalized spacial score (nSPS) is 11.4. The molecular formula is C14H14O3S. The van der Waals surface area contributed by atoms with Crippen molar-refractivity contribution in [1.82, 2.24) is 0 Å². The summed E-state index contributed by atoms with van der Waals surface area (Å²) in [6.07, 6.45) is 0.319. The number of hydrogen-bond acceptors (Lipinski definition) is 2. The van der Waals surface area contributed by atoms with Gasteiger partial charge < -0.3 is 0 Å². The Labute approximate surface area is 107 Å². The van der Waals surface area contributed by atoms with Crippen LogP contribution in [0.25, 0.3) is 11.1 Å². The molecule has 1 N–H and O–H groups in total. The predicted octanol–water partition coefficient (Wildman–Crippen LogP) is 2.78. The van der Waals surface area contributed by atoms with E-state index in [0.29, 0.717) is 6.42 Å². The van der Waals surface area contributed by atoms with Crippen molar-refractivity contribution in [3.8, 4) is 11.1 Å². The molecule has 0 aromatic heterocycles. The summed E-state index contributed by atoms with van der Waals surface area (Å²) in [5, 5.41) is 0. The smallest absolute Gasteiger partial charge is 0.265 e. The quantitative estimate of drug-likeness (QED) is 0.862. The van der Waals surface area contributed by atoms with E-state index < -0.39 is 10.1 Å². The van der Waals surface area contributed by atoms with Crippen molar-refractivity contribution in [2.45, 2.75) is 6.42 Å². The molecular weight excluding hydrogens is 248 g/mol. The van der Waals surface area contributed by atoms with Crippen LogP contribution in [0.2, 0.25) is 0 Å². The number of benzene rings is 2. The van der Waals surface area contributed by atoms with Crippen LogP contribution in [0.3, 0.4) is 0 Å². The number of hydrogen-bond donors (Lipinski definition) is 1. The van der Waals surface area contributed by atoms with Crippen LogP contribution < -0.4 is 0 Å². The van der Waals surface area contributed by atoms with E-state index in [0.717, 1.165) is 16.7 Å². The van der Waals surface area contributed by atoms with Gasteiger partial charge in [0.25, 0.3) is 10.1 Å². The second-order valence-corrected chi connectivity index (χ2v) is 5.67. The minimum absolute atomic E-state index is 0.245. The van der Waals surface area contributed by atoms with E-state index in [1.165, 1.54) is 0 Å². The van der Waals surface area contributed by atoms with Crippen molar-refractivity contribution >= 4 is 10.1 Å². The third-order valence-electron chi connectivity index (χ3n) is 2.68. The second kappa shape index (κ2) is 5.33. The van der Waals surface area contributed by atoms with Crippen LogP contribution in [0.4, 0.5) is 0 Å². The molecule has 2 aromatic rings. The molecule has 0 spiro atoms. The maximum Gasteiger partial charge on any atom is 0.265 e. The first-order chi connectivity index (χ1) is 8.54. The van der Waals surface area contributed by atoms with Crippen molar-refractivity contribution in [3.63, 3.8) is 0 Å². The van der Waals surface area contributed by atoms with Gasteiger partial charge in [0.05, 0.1) is 5.75 Å². The maximum absolute atomic E-state index is 10.7. The molecule has 4 heteroatoms. The molecule has 0 radical (unpaired) electrons. The lowest BCUT2D eigenvalue weighted by atomic mass is 10.0. The summed E-state index contributed by atoms with van der Waals surface area (Å²) in [4.78, 5) is 0. The lowest BCUT2D eigenvalue weighted by molar-refractivity contribution is 0.482. The Morgan fingerprint density at radius 3 is 2.22 bits per heavy atom. The van der Waals surface area contributed by atoms with Crippen LogP contribution in [-0.2, 0) is 16.5 Å². The fourth-order valence-corrected chi connectivity index (χ4v) is 2.28. The third-order valence-corrected chi connectivity index (χ3v) is 3.40. The fourth-order valence-electron chi connectivity index (χ4n) is 1.78. The molecule has 2 rings (SSSR count). The predicted molar refractivity (Wildman–Crippen MR) is 72.0 cm³/mol. The van der Waals surface area contributed by atoms with Gasteiger partial charge >= 0.3 is 0 Å². The Balaban J connectivity index is 2.21. The van der Waals surface area contributed by atoms with Crippen LogP contribution >= 0.6 is 0 Å². The molecule has 0 amide bonds. The Bertz CT molecular complexity index is 618. The number of aryl methyl sites for hydroxylation is 1. The van der Waals surface area contributed by atoms with E-state index in [1.54, 1.807) is 0 Å². The van der Waals surface area contributed by atoms with Crippen molar-refractivity contribution < 1.29 is 13.0 Å². The monoisotopic (exact) mass is 262 g/mol. The summed E-state index contributed by atoms with van der Waals surface area (Å²) < 4.78 is 30.2. The Kier molecular flexibility index (Phi) is 3.79. The minimum atomic E-state index is -3.90. The van der Waals surface area contributed by atoms with E-state index >= 15 is 0 Å². The molecule has 0 bridgehead atoms. The van der Waals surface area contributed by atoms with Gasteiger partial charge in [-0.25, -0.2) is 0 Å². The number of rotatable bonds is 4. The summed E-state index contributed by atoms with van der Waals surface area (Å²) in [7, 11) is -3.90. The molecule has 0 aliphatic rings. The van der Waals surface area contributed by atoms with E-state index in [9.17, 15) is 8.42 Å². The summed E-state index contributed by atoms with van der Waals surface area (Å²) in [5.74, 6) is -0.245. The highest BCUT2D eigenvalue weighted by atomic mass is 32.2. The average molecular weight is 262 g/mol. The molecule has 18 heavy (non-hydrogen) atoms. The molecule has 0 atom stereocenters. The SMILES string of the molecule is O=S(=O)(O)CCc1cccc(-c2ccccc2)c1. The average Bonchev–Trinajstić information content (AvgIpc) is 2.37. The second-order valence-electron chi connectivity index (χ2n) is 4.10. The van der Waals surface area contributed by atoms with Crippen molar-refractivity contribution in [2.24, 2.45) is 0 Å². The first-order valence-electron chi connectivity index (χ1n) is 5.64. The van der Waals surface area contributed by atoms with Gasteiger partial charge in [-0.1, -0.05) is 54.6 Å². The molecule has 3 nitrogen and oxygen atoms in total. The lowest BCUT2D eigenvalue weighted by Gasteiger charge is -2.05.